The first-order valence-corrected chi connectivity index (χ1v) is 3.14. The zero-order valence-electron chi connectivity index (χ0n) is 3.99. The van der Waals surface area contributed by atoms with E-state index in [0.29, 0.717) is 0 Å². The van der Waals surface area contributed by atoms with E-state index in [9.17, 15) is 8.42 Å². The zero-order valence-corrected chi connectivity index (χ0v) is 4.81. The highest BCUT2D eigenvalue weighted by Crippen LogP contribution is 1.77. The van der Waals surface area contributed by atoms with Crippen LogP contribution in [0.1, 0.15) is 0 Å². The van der Waals surface area contributed by atoms with Crippen LogP contribution < -0.4 is 5.14 Å². The molecule has 0 aliphatic heterocycles. The van der Waals surface area contributed by atoms with Gasteiger partial charge in [0.05, 0.1) is 0 Å². The molecule has 0 aromatic carbocycles. The first-order chi connectivity index (χ1) is 3.56. The molecule has 0 fully saturated rings. The molecule has 0 aromatic rings. The van der Waals surface area contributed by atoms with Crippen LogP contribution in [0, 0.1) is 12.3 Å². The van der Waals surface area contributed by atoms with Gasteiger partial charge in [0.2, 0.25) is 0 Å². The van der Waals surface area contributed by atoms with Gasteiger partial charge in [-0.05, 0) is 0 Å². The molecule has 0 saturated heterocycles. The van der Waals surface area contributed by atoms with Crippen LogP contribution in [-0.2, 0) is 14.5 Å². The van der Waals surface area contributed by atoms with E-state index in [1.165, 1.54) is 0 Å². The molecule has 46 valence electrons. The number of terminal acetylenes is 1. The van der Waals surface area contributed by atoms with Gasteiger partial charge in [-0.2, -0.15) is 8.42 Å². The first-order valence-electron chi connectivity index (χ1n) is 1.67. The Bertz CT molecular complexity index is 187. The Kier molecular flexibility index (Phi) is 2.48. The maximum Gasteiger partial charge on any atom is 0.334 e. The molecule has 0 aliphatic rings. The minimum Gasteiger partial charge on any atom is -0.245 e. The number of hydrogen-bond donors (Lipinski definition) is 1. The maximum atomic E-state index is 9.85. The van der Waals surface area contributed by atoms with E-state index in [1.807, 2.05) is 5.92 Å². The van der Waals surface area contributed by atoms with E-state index < -0.39 is 10.3 Å². The summed E-state index contributed by atoms with van der Waals surface area (Å²) >= 11 is 0. The molecule has 0 saturated carbocycles. The molecule has 0 amide bonds. The Balaban J connectivity index is 3.63. The van der Waals surface area contributed by atoms with Crippen LogP contribution in [0.4, 0.5) is 0 Å². The summed E-state index contributed by atoms with van der Waals surface area (Å²) < 4.78 is 23.6. The van der Waals surface area contributed by atoms with Gasteiger partial charge in [0, 0.05) is 0 Å². The average molecular weight is 135 g/mol. The lowest BCUT2D eigenvalue weighted by molar-refractivity contribution is 0.364. The lowest BCUT2D eigenvalue weighted by Gasteiger charge is -1.90. The summed E-state index contributed by atoms with van der Waals surface area (Å²) in [4.78, 5) is 0. The van der Waals surface area contributed by atoms with Gasteiger partial charge in [0.1, 0.15) is 6.61 Å². The van der Waals surface area contributed by atoms with E-state index >= 15 is 0 Å². The van der Waals surface area contributed by atoms with Crippen molar-refractivity contribution in [3.8, 4) is 12.3 Å². The van der Waals surface area contributed by atoms with Crippen molar-refractivity contribution in [2.75, 3.05) is 6.61 Å². The molecule has 5 heteroatoms. The van der Waals surface area contributed by atoms with Gasteiger partial charge in [-0.25, -0.2) is 9.32 Å². The molecule has 0 aliphatic carbocycles. The maximum absolute atomic E-state index is 9.85. The zero-order chi connectivity index (χ0) is 6.62. The average Bonchev–Trinajstić information content (AvgIpc) is 1.59. The summed E-state index contributed by atoms with van der Waals surface area (Å²) in [6.45, 7) is -0.307. The van der Waals surface area contributed by atoms with E-state index in [2.05, 4.69) is 15.7 Å². The number of rotatable bonds is 2. The number of nitrogens with two attached hydrogens (primary N) is 1. The molecule has 2 N–H and O–H groups in total. The van der Waals surface area contributed by atoms with Crippen molar-refractivity contribution < 1.29 is 12.6 Å². The Hall–Kier alpha value is -0.570. The minimum atomic E-state index is -3.83. The van der Waals surface area contributed by atoms with E-state index in [1.54, 1.807) is 0 Å². The molecule has 0 radical (unpaired) electrons. The highest BCUT2D eigenvalue weighted by molar-refractivity contribution is 7.84. The van der Waals surface area contributed by atoms with Crippen molar-refractivity contribution in [1.29, 1.82) is 0 Å². The summed E-state index contributed by atoms with van der Waals surface area (Å²) in [5.74, 6) is 1.94. The van der Waals surface area contributed by atoms with Gasteiger partial charge in [0.15, 0.2) is 0 Å². The van der Waals surface area contributed by atoms with Gasteiger partial charge in [-0.15, -0.1) is 6.42 Å². The summed E-state index contributed by atoms with van der Waals surface area (Å²) in [5, 5.41) is 4.38. The summed E-state index contributed by atoms with van der Waals surface area (Å²) in [7, 11) is -3.83. The summed E-state index contributed by atoms with van der Waals surface area (Å²) in [5.41, 5.74) is 0. The molecule has 0 spiro atoms. The highest BCUT2D eigenvalue weighted by atomic mass is 32.2. The third-order valence-electron chi connectivity index (χ3n) is 0.307. The van der Waals surface area contributed by atoms with Crippen molar-refractivity contribution in [3.05, 3.63) is 0 Å². The monoisotopic (exact) mass is 135 g/mol. The fraction of sp³-hybridized carbons (Fsp3) is 0.333. The van der Waals surface area contributed by atoms with Crippen LogP contribution in [0.25, 0.3) is 0 Å². The molecule has 8 heavy (non-hydrogen) atoms. The molecular formula is C3H5NO3S. The van der Waals surface area contributed by atoms with E-state index in [4.69, 9.17) is 0 Å². The van der Waals surface area contributed by atoms with Gasteiger partial charge in [0.25, 0.3) is 0 Å². The lowest BCUT2D eigenvalue weighted by Crippen LogP contribution is -2.15. The van der Waals surface area contributed by atoms with Crippen molar-refractivity contribution in [2.45, 2.75) is 0 Å². The molecule has 0 rings (SSSR count). The predicted octanol–water partition coefficient (Wildman–Crippen LogP) is -1.16. The quantitative estimate of drug-likeness (QED) is 0.485. The molecule has 0 unspecified atom stereocenters. The van der Waals surface area contributed by atoms with Crippen LogP contribution in [0.3, 0.4) is 0 Å². The molecule has 0 aromatic heterocycles. The molecule has 0 atom stereocenters. The van der Waals surface area contributed by atoms with Crippen molar-refractivity contribution in [3.63, 3.8) is 0 Å². The largest absolute Gasteiger partial charge is 0.334 e. The Morgan fingerprint density at radius 3 is 2.38 bits per heavy atom. The second-order valence-corrected chi connectivity index (χ2v) is 2.18. The van der Waals surface area contributed by atoms with Crippen molar-refractivity contribution >= 4 is 10.3 Å². The smallest absolute Gasteiger partial charge is 0.245 e. The van der Waals surface area contributed by atoms with Gasteiger partial charge >= 0.3 is 10.3 Å². The predicted molar refractivity (Wildman–Crippen MR) is 27.9 cm³/mol. The SMILES string of the molecule is C#CCOS(N)(=O)=O. The van der Waals surface area contributed by atoms with Gasteiger partial charge in [-0.3, -0.25) is 0 Å². The Labute approximate surface area is 47.9 Å². The third kappa shape index (κ3) is 5.43. The van der Waals surface area contributed by atoms with E-state index in [0.717, 1.165) is 0 Å². The topological polar surface area (TPSA) is 69.4 Å². The Morgan fingerprint density at radius 2 is 2.25 bits per heavy atom. The van der Waals surface area contributed by atoms with Crippen LogP contribution >= 0.6 is 0 Å². The highest BCUT2D eigenvalue weighted by Gasteiger charge is 1.96. The Morgan fingerprint density at radius 1 is 1.75 bits per heavy atom. The van der Waals surface area contributed by atoms with Crippen LogP contribution in [0.5, 0.6) is 0 Å². The standard InChI is InChI=1S/C3H5NO3S/c1-2-3-7-8(4,5)6/h1H,3H2,(H2,4,5,6). The first kappa shape index (κ1) is 7.43. The second kappa shape index (κ2) is 2.67. The number of hydrogen-bond acceptors (Lipinski definition) is 3. The molecule has 4 nitrogen and oxygen atoms in total. The van der Waals surface area contributed by atoms with E-state index in [-0.39, 0.29) is 6.61 Å². The normalized spacial score (nSPS) is 10.5. The third-order valence-corrected chi connectivity index (χ3v) is 0.753. The molecule has 0 bridgehead atoms. The van der Waals surface area contributed by atoms with Gasteiger partial charge < -0.3 is 0 Å². The fourth-order valence-corrected chi connectivity index (χ4v) is 0.348. The van der Waals surface area contributed by atoms with Crippen LogP contribution in [0.15, 0.2) is 0 Å². The van der Waals surface area contributed by atoms with Crippen molar-refractivity contribution in [1.82, 2.24) is 0 Å². The summed E-state index contributed by atoms with van der Waals surface area (Å²) in [6.07, 6.45) is 4.64. The fourth-order valence-electron chi connectivity index (χ4n) is 0.116. The van der Waals surface area contributed by atoms with Crippen LogP contribution in [0.2, 0.25) is 0 Å². The van der Waals surface area contributed by atoms with Crippen LogP contribution in [-0.4, -0.2) is 15.0 Å². The summed E-state index contributed by atoms with van der Waals surface area (Å²) in [6, 6.07) is 0. The minimum absolute atomic E-state index is 0.307. The van der Waals surface area contributed by atoms with Crippen molar-refractivity contribution in [2.24, 2.45) is 5.14 Å². The molecule has 0 heterocycles. The second-order valence-electron chi connectivity index (χ2n) is 0.959. The van der Waals surface area contributed by atoms with Gasteiger partial charge in [-0.1, -0.05) is 5.92 Å². The lowest BCUT2D eigenvalue weighted by atomic mass is 10.8. The molecular weight excluding hydrogens is 130 g/mol.